The van der Waals surface area contributed by atoms with Gasteiger partial charge in [-0.2, -0.15) is 0 Å². The summed E-state index contributed by atoms with van der Waals surface area (Å²) in [6.45, 7) is 1.55. The fourth-order valence-electron chi connectivity index (χ4n) is 3.51. The third-order valence-electron chi connectivity index (χ3n) is 5.07. The van der Waals surface area contributed by atoms with Crippen LogP contribution in [0.3, 0.4) is 0 Å². The fraction of sp³-hybridized carbons (Fsp3) is 0.600. The van der Waals surface area contributed by atoms with Gasteiger partial charge >= 0.3 is 5.97 Å². The number of amides is 1. The van der Waals surface area contributed by atoms with E-state index in [4.69, 9.17) is 9.84 Å². The van der Waals surface area contributed by atoms with Gasteiger partial charge in [-0.05, 0) is 56.8 Å². The third kappa shape index (κ3) is 6.33. The summed E-state index contributed by atoms with van der Waals surface area (Å²) in [6, 6.07) is 8.21. The van der Waals surface area contributed by atoms with E-state index in [9.17, 15) is 9.59 Å². The molecule has 144 valence electrons. The molecule has 1 unspecified atom stereocenters. The Kier molecular flexibility index (Phi) is 7.91. The van der Waals surface area contributed by atoms with Crippen molar-refractivity contribution in [2.24, 2.45) is 0 Å². The Morgan fingerprint density at radius 3 is 2.62 bits per heavy atom. The lowest BCUT2D eigenvalue weighted by Gasteiger charge is -2.25. The van der Waals surface area contributed by atoms with Crippen molar-refractivity contribution in [2.45, 2.75) is 44.6 Å². The zero-order valence-electron chi connectivity index (χ0n) is 15.8. The summed E-state index contributed by atoms with van der Waals surface area (Å²) in [5, 5.41) is 8.93. The molecule has 0 aromatic heterocycles. The van der Waals surface area contributed by atoms with Gasteiger partial charge < -0.3 is 14.7 Å². The quantitative estimate of drug-likeness (QED) is 0.769. The molecule has 1 aromatic carbocycles. The number of hydrogen-bond donors (Lipinski definition) is 1. The first-order valence-electron chi connectivity index (χ1n) is 9.32. The topological polar surface area (TPSA) is 70.1 Å². The van der Waals surface area contributed by atoms with Crippen LogP contribution in [0.15, 0.2) is 24.3 Å². The molecule has 1 atom stereocenters. The van der Waals surface area contributed by atoms with Crippen molar-refractivity contribution in [1.29, 1.82) is 0 Å². The average molecular weight is 362 g/mol. The van der Waals surface area contributed by atoms with Crippen LogP contribution in [0.1, 0.15) is 37.7 Å². The Balaban J connectivity index is 1.74. The standard InChI is InChI=1S/C20H30N2O4/c1-21(15-20(24)25)17-6-4-13-22(14-12-17)19(23)7-3-5-16-8-10-18(26-2)11-9-16/h8-11,17H,3-7,12-15H2,1-2H3,(H,24,25). The van der Waals surface area contributed by atoms with E-state index >= 15 is 0 Å². The van der Waals surface area contributed by atoms with Crippen molar-refractivity contribution in [1.82, 2.24) is 9.80 Å². The van der Waals surface area contributed by atoms with Crippen LogP contribution in [0.4, 0.5) is 0 Å². The summed E-state index contributed by atoms with van der Waals surface area (Å²) in [4.78, 5) is 27.2. The van der Waals surface area contributed by atoms with Crippen molar-refractivity contribution < 1.29 is 19.4 Å². The molecule has 0 saturated carbocycles. The van der Waals surface area contributed by atoms with E-state index in [-0.39, 0.29) is 18.5 Å². The molecule has 0 aliphatic carbocycles. The van der Waals surface area contributed by atoms with E-state index in [1.165, 1.54) is 5.56 Å². The number of ether oxygens (including phenoxy) is 1. The van der Waals surface area contributed by atoms with Crippen molar-refractivity contribution in [3.05, 3.63) is 29.8 Å². The number of benzene rings is 1. The first-order valence-corrected chi connectivity index (χ1v) is 9.32. The molecule has 0 spiro atoms. The Labute approximate surface area is 155 Å². The summed E-state index contributed by atoms with van der Waals surface area (Å²) >= 11 is 0. The second kappa shape index (κ2) is 10.2. The predicted octanol–water partition coefficient (Wildman–Crippen LogP) is 2.42. The normalized spacial score (nSPS) is 17.8. The Morgan fingerprint density at radius 1 is 1.23 bits per heavy atom. The van der Waals surface area contributed by atoms with E-state index in [1.54, 1.807) is 7.11 Å². The van der Waals surface area contributed by atoms with Crippen LogP contribution >= 0.6 is 0 Å². The highest BCUT2D eigenvalue weighted by molar-refractivity contribution is 5.76. The number of nitrogens with zero attached hydrogens (tertiary/aromatic N) is 2. The van der Waals surface area contributed by atoms with Gasteiger partial charge in [-0.25, -0.2) is 0 Å². The summed E-state index contributed by atoms with van der Waals surface area (Å²) in [7, 11) is 3.50. The predicted molar refractivity (Wildman–Crippen MR) is 100 cm³/mol. The number of likely N-dealkylation sites (tertiary alicyclic amines) is 1. The first kappa shape index (κ1) is 20.2. The Hall–Kier alpha value is -2.08. The van der Waals surface area contributed by atoms with Crippen molar-refractivity contribution in [3.8, 4) is 5.75 Å². The highest BCUT2D eigenvalue weighted by atomic mass is 16.5. The number of rotatable bonds is 8. The van der Waals surface area contributed by atoms with Gasteiger partial charge in [0.1, 0.15) is 5.75 Å². The van der Waals surface area contributed by atoms with Gasteiger partial charge in [0.25, 0.3) is 0 Å². The second-order valence-electron chi connectivity index (χ2n) is 6.98. The zero-order valence-corrected chi connectivity index (χ0v) is 15.8. The maximum Gasteiger partial charge on any atom is 0.317 e. The average Bonchev–Trinajstić information content (AvgIpc) is 2.88. The molecule has 1 heterocycles. The van der Waals surface area contributed by atoms with E-state index in [2.05, 4.69) is 0 Å². The molecule has 0 radical (unpaired) electrons. The van der Waals surface area contributed by atoms with Crippen LogP contribution in [-0.4, -0.2) is 66.6 Å². The van der Waals surface area contributed by atoms with E-state index in [0.29, 0.717) is 6.42 Å². The lowest BCUT2D eigenvalue weighted by Crippen LogP contribution is -2.37. The van der Waals surface area contributed by atoms with Gasteiger partial charge in [-0.3, -0.25) is 14.5 Å². The molecule has 1 aromatic rings. The molecule has 2 rings (SSSR count). The number of methoxy groups -OCH3 is 1. The van der Waals surface area contributed by atoms with Crippen LogP contribution in [0.25, 0.3) is 0 Å². The van der Waals surface area contributed by atoms with Gasteiger partial charge in [-0.1, -0.05) is 12.1 Å². The van der Waals surface area contributed by atoms with Gasteiger partial charge in [-0.15, -0.1) is 0 Å². The van der Waals surface area contributed by atoms with E-state index in [1.807, 2.05) is 41.1 Å². The molecule has 26 heavy (non-hydrogen) atoms. The van der Waals surface area contributed by atoms with Crippen LogP contribution in [0.5, 0.6) is 5.75 Å². The van der Waals surface area contributed by atoms with Gasteiger partial charge in [0.15, 0.2) is 0 Å². The lowest BCUT2D eigenvalue weighted by molar-refractivity contribution is -0.138. The monoisotopic (exact) mass is 362 g/mol. The van der Waals surface area contributed by atoms with Crippen LogP contribution in [0, 0.1) is 0 Å². The second-order valence-corrected chi connectivity index (χ2v) is 6.98. The minimum atomic E-state index is -0.803. The summed E-state index contributed by atoms with van der Waals surface area (Å²) in [5.41, 5.74) is 1.21. The third-order valence-corrected chi connectivity index (χ3v) is 5.07. The molecular weight excluding hydrogens is 332 g/mol. The smallest absolute Gasteiger partial charge is 0.317 e. The molecule has 1 amide bonds. The summed E-state index contributed by atoms with van der Waals surface area (Å²) in [5.74, 6) is 0.250. The minimum absolute atomic E-state index is 0.0560. The van der Waals surface area contributed by atoms with Crippen LogP contribution in [0.2, 0.25) is 0 Å². The Bertz CT molecular complexity index is 588. The zero-order chi connectivity index (χ0) is 18.9. The molecule has 1 aliphatic heterocycles. The molecule has 1 aliphatic rings. The van der Waals surface area contributed by atoms with Crippen molar-refractivity contribution in [3.63, 3.8) is 0 Å². The lowest BCUT2D eigenvalue weighted by atomic mass is 10.1. The summed E-state index contributed by atoms with van der Waals surface area (Å²) in [6.07, 6.45) is 4.99. The molecule has 6 heteroatoms. The molecular formula is C20H30N2O4. The highest BCUT2D eigenvalue weighted by Crippen LogP contribution is 2.18. The molecule has 6 nitrogen and oxygen atoms in total. The maximum absolute atomic E-state index is 12.5. The molecule has 1 fully saturated rings. The number of likely N-dealkylation sites (N-methyl/N-ethyl adjacent to an activating group) is 1. The van der Waals surface area contributed by atoms with Crippen molar-refractivity contribution in [2.75, 3.05) is 33.8 Å². The van der Waals surface area contributed by atoms with Gasteiger partial charge in [0.2, 0.25) is 5.91 Å². The number of carboxylic acid groups (broad SMARTS) is 1. The fourth-order valence-corrected chi connectivity index (χ4v) is 3.51. The van der Waals surface area contributed by atoms with Gasteiger partial charge in [0, 0.05) is 25.6 Å². The van der Waals surface area contributed by atoms with Gasteiger partial charge in [0.05, 0.1) is 13.7 Å². The van der Waals surface area contributed by atoms with E-state index < -0.39 is 5.97 Å². The molecule has 1 N–H and O–H groups in total. The SMILES string of the molecule is COc1ccc(CCCC(=O)N2CCCC(N(C)CC(=O)O)CC2)cc1. The Morgan fingerprint density at radius 2 is 1.96 bits per heavy atom. The number of aliphatic carboxylic acids is 1. The minimum Gasteiger partial charge on any atom is -0.497 e. The molecule has 1 saturated heterocycles. The first-order chi connectivity index (χ1) is 12.5. The largest absolute Gasteiger partial charge is 0.497 e. The summed E-state index contributed by atoms with van der Waals surface area (Å²) < 4.78 is 5.15. The number of carboxylic acids is 1. The van der Waals surface area contributed by atoms with E-state index in [0.717, 1.165) is 50.9 Å². The number of hydrogen-bond acceptors (Lipinski definition) is 4. The van der Waals surface area contributed by atoms with Crippen molar-refractivity contribution >= 4 is 11.9 Å². The number of aryl methyl sites for hydroxylation is 1. The maximum atomic E-state index is 12.5. The van der Waals surface area contributed by atoms with Crippen LogP contribution in [-0.2, 0) is 16.0 Å². The molecule has 0 bridgehead atoms. The number of carbonyl (C=O) groups excluding carboxylic acids is 1. The van der Waals surface area contributed by atoms with Crippen LogP contribution < -0.4 is 4.74 Å². The highest BCUT2D eigenvalue weighted by Gasteiger charge is 2.23. The number of carbonyl (C=O) groups is 2.